The van der Waals surface area contributed by atoms with E-state index in [4.69, 9.17) is 21.1 Å². The minimum Gasteiger partial charge on any atom is -0.382 e. The molecule has 6 heteroatoms. The van der Waals surface area contributed by atoms with Crippen LogP contribution in [-0.2, 0) is 16.0 Å². The van der Waals surface area contributed by atoms with Crippen molar-refractivity contribution >= 4 is 17.4 Å². The van der Waals surface area contributed by atoms with Gasteiger partial charge in [-0.2, -0.15) is 0 Å². The average Bonchev–Trinajstić information content (AvgIpc) is 2.42. The Morgan fingerprint density at radius 2 is 2.21 bits per heavy atom. The van der Waals surface area contributed by atoms with E-state index >= 15 is 0 Å². The van der Waals surface area contributed by atoms with E-state index in [0.29, 0.717) is 24.0 Å². The monoisotopic (exact) mass is 287 g/mol. The van der Waals surface area contributed by atoms with Crippen molar-refractivity contribution in [3.8, 4) is 0 Å². The van der Waals surface area contributed by atoms with E-state index in [9.17, 15) is 0 Å². The number of rotatable bonds is 9. The Kier molecular flexibility index (Phi) is 7.74. The number of pyridine rings is 1. The van der Waals surface area contributed by atoms with Crippen molar-refractivity contribution in [3.63, 3.8) is 0 Å². The molecular weight excluding hydrogens is 266 g/mol. The summed E-state index contributed by atoms with van der Waals surface area (Å²) in [7, 11) is 3.30. The van der Waals surface area contributed by atoms with Gasteiger partial charge in [0.25, 0.3) is 0 Å². The van der Waals surface area contributed by atoms with Crippen LogP contribution in [0.1, 0.15) is 12.5 Å². The van der Waals surface area contributed by atoms with Crippen LogP contribution < -0.4 is 10.6 Å². The van der Waals surface area contributed by atoms with Crippen LogP contribution in [0.2, 0.25) is 5.02 Å². The number of nitrogens with one attached hydrogen (secondary N) is 2. The van der Waals surface area contributed by atoms with Crippen LogP contribution in [-0.4, -0.2) is 45.0 Å². The predicted molar refractivity (Wildman–Crippen MR) is 77.8 cm³/mol. The summed E-state index contributed by atoms with van der Waals surface area (Å²) in [5, 5.41) is 7.01. The zero-order valence-electron chi connectivity index (χ0n) is 11.7. The van der Waals surface area contributed by atoms with E-state index in [-0.39, 0.29) is 6.10 Å². The summed E-state index contributed by atoms with van der Waals surface area (Å²) in [6.45, 7) is 4.88. The molecule has 19 heavy (non-hydrogen) atoms. The van der Waals surface area contributed by atoms with E-state index in [0.717, 1.165) is 18.7 Å². The molecule has 5 nitrogen and oxygen atoms in total. The minimum absolute atomic E-state index is 0.0238. The number of anilines is 1. The molecule has 0 aromatic carbocycles. The highest BCUT2D eigenvalue weighted by Gasteiger charge is 2.09. The summed E-state index contributed by atoms with van der Waals surface area (Å²) in [6, 6.07) is 1.91. The molecule has 0 spiro atoms. The van der Waals surface area contributed by atoms with Crippen molar-refractivity contribution in [1.82, 2.24) is 10.3 Å². The molecule has 108 valence electrons. The van der Waals surface area contributed by atoms with Gasteiger partial charge in [-0.05, 0) is 18.2 Å². The fourth-order valence-corrected chi connectivity index (χ4v) is 1.84. The van der Waals surface area contributed by atoms with Gasteiger partial charge < -0.3 is 20.1 Å². The van der Waals surface area contributed by atoms with Crippen LogP contribution >= 0.6 is 11.6 Å². The zero-order chi connectivity index (χ0) is 14.1. The highest BCUT2D eigenvalue weighted by atomic mass is 35.5. The molecule has 0 saturated heterocycles. The zero-order valence-corrected chi connectivity index (χ0v) is 12.5. The molecule has 0 radical (unpaired) electrons. The molecule has 0 saturated carbocycles. The number of hydrogen-bond acceptors (Lipinski definition) is 5. The summed E-state index contributed by atoms with van der Waals surface area (Å²) in [5.74, 6) is 0.667. The summed E-state index contributed by atoms with van der Waals surface area (Å²) < 4.78 is 10.3. The van der Waals surface area contributed by atoms with Crippen molar-refractivity contribution in [2.24, 2.45) is 0 Å². The predicted octanol–water partition coefficient (Wildman–Crippen LogP) is 1.92. The van der Waals surface area contributed by atoms with Crippen LogP contribution in [0, 0.1) is 0 Å². The Labute approximate surface area is 119 Å². The van der Waals surface area contributed by atoms with Gasteiger partial charge >= 0.3 is 0 Å². The third-order valence-electron chi connectivity index (χ3n) is 2.66. The lowest BCUT2D eigenvalue weighted by molar-refractivity contribution is 0.0365. The lowest BCUT2D eigenvalue weighted by Gasteiger charge is -2.16. The SMILES string of the molecule is CCNCc1cnc(NCC(COC)OC)c(Cl)c1. The molecule has 0 fully saturated rings. The Morgan fingerprint density at radius 3 is 2.79 bits per heavy atom. The molecule has 2 N–H and O–H groups in total. The van der Waals surface area contributed by atoms with Gasteiger partial charge in [-0.15, -0.1) is 0 Å². The fraction of sp³-hybridized carbons (Fsp3) is 0.615. The van der Waals surface area contributed by atoms with E-state index in [1.165, 1.54) is 0 Å². The first kappa shape index (κ1) is 16.2. The van der Waals surface area contributed by atoms with Gasteiger partial charge in [0, 0.05) is 33.5 Å². The van der Waals surface area contributed by atoms with Crippen LogP contribution in [0.3, 0.4) is 0 Å². The lowest BCUT2D eigenvalue weighted by Crippen LogP contribution is -2.27. The van der Waals surface area contributed by atoms with Crippen molar-refractivity contribution < 1.29 is 9.47 Å². The Bertz CT molecular complexity index is 377. The number of nitrogens with zero attached hydrogens (tertiary/aromatic N) is 1. The van der Waals surface area contributed by atoms with Gasteiger partial charge in [-0.25, -0.2) is 4.98 Å². The molecule has 0 bridgehead atoms. The Morgan fingerprint density at radius 1 is 1.42 bits per heavy atom. The largest absolute Gasteiger partial charge is 0.382 e. The molecule has 1 atom stereocenters. The molecule has 1 aromatic rings. The summed E-state index contributed by atoms with van der Waals surface area (Å²) in [6.07, 6.45) is 1.79. The maximum absolute atomic E-state index is 6.19. The van der Waals surface area contributed by atoms with Crippen molar-refractivity contribution in [2.75, 3.05) is 39.2 Å². The van der Waals surface area contributed by atoms with Gasteiger partial charge in [0.05, 0.1) is 17.7 Å². The van der Waals surface area contributed by atoms with Crippen LogP contribution in [0.5, 0.6) is 0 Å². The Balaban J connectivity index is 2.54. The number of halogens is 1. The molecule has 0 aliphatic rings. The van der Waals surface area contributed by atoms with Crippen LogP contribution in [0.4, 0.5) is 5.82 Å². The second-order valence-electron chi connectivity index (χ2n) is 4.15. The number of hydrogen-bond donors (Lipinski definition) is 2. The average molecular weight is 288 g/mol. The minimum atomic E-state index is -0.0238. The third-order valence-corrected chi connectivity index (χ3v) is 2.95. The Hall–Kier alpha value is -0.880. The normalized spacial score (nSPS) is 12.4. The summed E-state index contributed by atoms with van der Waals surface area (Å²) >= 11 is 6.19. The van der Waals surface area contributed by atoms with E-state index < -0.39 is 0 Å². The van der Waals surface area contributed by atoms with Gasteiger partial charge in [-0.3, -0.25) is 0 Å². The number of ether oxygens (including phenoxy) is 2. The first-order valence-electron chi connectivity index (χ1n) is 6.32. The highest BCUT2D eigenvalue weighted by molar-refractivity contribution is 6.32. The standard InChI is InChI=1S/C13H22ClN3O2/c1-4-15-6-10-5-12(14)13(16-7-10)17-8-11(19-3)9-18-2/h5,7,11,15H,4,6,8-9H2,1-3H3,(H,16,17). The molecule has 0 aliphatic heterocycles. The van der Waals surface area contributed by atoms with E-state index in [1.54, 1.807) is 14.2 Å². The first-order chi connectivity index (χ1) is 9.21. The molecule has 1 rings (SSSR count). The maximum atomic E-state index is 6.19. The van der Waals surface area contributed by atoms with E-state index in [1.807, 2.05) is 12.3 Å². The van der Waals surface area contributed by atoms with E-state index in [2.05, 4.69) is 22.5 Å². The van der Waals surface area contributed by atoms with Crippen molar-refractivity contribution in [1.29, 1.82) is 0 Å². The van der Waals surface area contributed by atoms with Crippen molar-refractivity contribution in [3.05, 3.63) is 22.8 Å². The first-order valence-corrected chi connectivity index (χ1v) is 6.69. The summed E-state index contributed by atoms with van der Waals surface area (Å²) in [4.78, 5) is 4.32. The molecule has 0 aliphatic carbocycles. The van der Waals surface area contributed by atoms with Gasteiger partial charge in [0.15, 0.2) is 0 Å². The fourth-order valence-electron chi connectivity index (χ4n) is 1.58. The van der Waals surface area contributed by atoms with Gasteiger partial charge in [0.2, 0.25) is 0 Å². The van der Waals surface area contributed by atoms with Crippen LogP contribution in [0.25, 0.3) is 0 Å². The molecular formula is C13H22ClN3O2. The molecule has 1 heterocycles. The molecule has 1 unspecified atom stereocenters. The maximum Gasteiger partial charge on any atom is 0.144 e. The quantitative estimate of drug-likeness (QED) is 0.727. The van der Waals surface area contributed by atoms with Crippen molar-refractivity contribution in [2.45, 2.75) is 19.6 Å². The molecule has 0 amide bonds. The number of aromatic nitrogens is 1. The third kappa shape index (κ3) is 5.74. The second-order valence-corrected chi connectivity index (χ2v) is 4.56. The summed E-state index contributed by atoms with van der Waals surface area (Å²) in [5.41, 5.74) is 1.07. The number of methoxy groups -OCH3 is 2. The van der Waals surface area contributed by atoms with Crippen LogP contribution in [0.15, 0.2) is 12.3 Å². The van der Waals surface area contributed by atoms with Gasteiger partial charge in [-0.1, -0.05) is 18.5 Å². The highest BCUT2D eigenvalue weighted by Crippen LogP contribution is 2.20. The van der Waals surface area contributed by atoms with Gasteiger partial charge in [0.1, 0.15) is 5.82 Å². The second kappa shape index (κ2) is 9.09. The molecule has 1 aromatic heterocycles. The smallest absolute Gasteiger partial charge is 0.144 e. The lowest BCUT2D eigenvalue weighted by atomic mass is 10.2. The topological polar surface area (TPSA) is 55.4 Å².